The van der Waals surface area contributed by atoms with Gasteiger partial charge in [0, 0.05) is 6.04 Å². The van der Waals surface area contributed by atoms with Crippen LogP contribution in [0.5, 0.6) is 5.75 Å². The van der Waals surface area contributed by atoms with E-state index in [2.05, 4.69) is 4.74 Å². The van der Waals surface area contributed by atoms with E-state index < -0.39 is 30.8 Å². The van der Waals surface area contributed by atoms with Crippen molar-refractivity contribution in [3.63, 3.8) is 0 Å². The van der Waals surface area contributed by atoms with E-state index in [1.165, 1.54) is 19.2 Å². The van der Waals surface area contributed by atoms with E-state index in [4.69, 9.17) is 10.5 Å². The molecule has 0 aliphatic rings. The normalized spacial score (nSPS) is 13.5. The van der Waals surface area contributed by atoms with E-state index >= 15 is 0 Å². The predicted octanol–water partition coefficient (Wildman–Crippen LogP) is 2.62. The number of ether oxygens (including phenoxy) is 2. The second-order valence-corrected chi connectivity index (χ2v) is 4.47. The van der Waals surface area contributed by atoms with Gasteiger partial charge in [-0.2, -0.15) is 8.78 Å². The zero-order valence-electron chi connectivity index (χ0n) is 11.3. The van der Waals surface area contributed by atoms with Crippen molar-refractivity contribution in [3.05, 3.63) is 29.6 Å². The number of benzene rings is 1. The number of rotatable bonds is 8. The number of alkyl halides is 4. The number of halogens is 5. The molecule has 0 radical (unpaired) electrons. The minimum atomic E-state index is -4.22. The van der Waals surface area contributed by atoms with Crippen LogP contribution in [0.4, 0.5) is 22.0 Å². The summed E-state index contributed by atoms with van der Waals surface area (Å²) in [7, 11) is 1.30. The molecule has 0 fully saturated rings. The molecule has 0 spiro atoms. The Balaban J connectivity index is 2.50. The van der Waals surface area contributed by atoms with Crippen LogP contribution in [0, 0.1) is 5.82 Å². The van der Waals surface area contributed by atoms with E-state index in [0.717, 1.165) is 0 Å². The smallest absolute Gasteiger partial charge is 0.330 e. The highest BCUT2D eigenvalue weighted by atomic mass is 19.3. The summed E-state index contributed by atoms with van der Waals surface area (Å²) in [6, 6.07) is 3.63. The van der Waals surface area contributed by atoms with E-state index in [9.17, 15) is 22.0 Å². The van der Waals surface area contributed by atoms with Gasteiger partial charge in [0.2, 0.25) is 0 Å². The molecule has 1 rings (SSSR count). The second-order valence-electron chi connectivity index (χ2n) is 4.47. The lowest BCUT2D eigenvalue weighted by molar-refractivity contribution is -0.166. The second kappa shape index (κ2) is 7.56. The van der Waals surface area contributed by atoms with Crippen molar-refractivity contribution in [1.29, 1.82) is 0 Å². The molecule has 1 aromatic rings. The number of nitrogens with two attached hydrogens (primary N) is 1. The summed E-state index contributed by atoms with van der Waals surface area (Å²) in [5, 5.41) is 0. The molecule has 120 valence electrons. The Morgan fingerprint density at radius 2 is 1.95 bits per heavy atom. The van der Waals surface area contributed by atoms with Crippen molar-refractivity contribution >= 4 is 0 Å². The van der Waals surface area contributed by atoms with Gasteiger partial charge in [0.15, 0.2) is 11.6 Å². The lowest BCUT2D eigenvalue weighted by Crippen LogP contribution is -2.36. The Hall–Kier alpha value is -1.41. The Labute approximate surface area is 118 Å². The van der Waals surface area contributed by atoms with E-state index in [1.54, 1.807) is 6.07 Å². The minimum absolute atomic E-state index is 0.00326. The summed E-state index contributed by atoms with van der Waals surface area (Å²) >= 11 is 0. The summed E-state index contributed by atoms with van der Waals surface area (Å²) in [5.74, 6) is -4.79. The first-order valence-corrected chi connectivity index (χ1v) is 6.08. The maximum atomic E-state index is 13.8. The van der Waals surface area contributed by atoms with Gasteiger partial charge in [-0.25, -0.2) is 13.2 Å². The molecule has 21 heavy (non-hydrogen) atoms. The van der Waals surface area contributed by atoms with Crippen LogP contribution in [0.15, 0.2) is 18.2 Å². The fourth-order valence-electron chi connectivity index (χ4n) is 1.62. The topological polar surface area (TPSA) is 44.5 Å². The SMILES string of the molecule is COc1cccc(CC(N)COCC(F)(F)C(F)F)c1F. The molecule has 3 nitrogen and oxygen atoms in total. The monoisotopic (exact) mass is 313 g/mol. The van der Waals surface area contributed by atoms with Crippen LogP contribution in [0.25, 0.3) is 0 Å². The van der Waals surface area contributed by atoms with Crippen LogP contribution in [0.1, 0.15) is 5.56 Å². The number of hydrogen-bond donors (Lipinski definition) is 1. The molecule has 1 atom stereocenters. The summed E-state index contributed by atoms with van der Waals surface area (Å²) in [6.07, 6.45) is -3.80. The van der Waals surface area contributed by atoms with Crippen molar-refractivity contribution in [2.75, 3.05) is 20.3 Å². The van der Waals surface area contributed by atoms with Crippen LogP contribution >= 0.6 is 0 Å². The highest BCUT2D eigenvalue weighted by Gasteiger charge is 2.41. The van der Waals surface area contributed by atoms with E-state index in [-0.39, 0.29) is 24.3 Å². The Morgan fingerprint density at radius 3 is 2.52 bits per heavy atom. The third-order valence-electron chi connectivity index (χ3n) is 2.69. The van der Waals surface area contributed by atoms with Crippen LogP contribution < -0.4 is 10.5 Å². The van der Waals surface area contributed by atoms with Crippen LogP contribution in [0.2, 0.25) is 0 Å². The average molecular weight is 313 g/mol. The van der Waals surface area contributed by atoms with Gasteiger partial charge in [-0.15, -0.1) is 0 Å². The molecule has 0 saturated carbocycles. The minimum Gasteiger partial charge on any atom is -0.494 e. The molecule has 0 aliphatic heterocycles. The average Bonchev–Trinajstić information content (AvgIpc) is 2.40. The fraction of sp³-hybridized carbons (Fsp3) is 0.538. The lowest BCUT2D eigenvalue weighted by atomic mass is 10.1. The molecule has 0 saturated heterocycles. The standard InChI is InChI=1S/C13H16F5NO2/c1-20-10-4-2-3-8(11(10)14)5-9(19)6-21-7-13(17,18)12(15)16/h2-4,9,12H,5-7,19H2,1H3. The number of hydrogen-bond acceptors (Lipinski definition) is 3. The maximum absolute atomic E-state index is 13.8. The van der Waals surface area contributed by atoms with Crippen LogP contribution in [0.3, 0.4) is 0 Å². The molecule has 2 N–H and O–H groups in total. The fourth-order valence-corrected chi connectivity index (χ4v) is 1.62. The Morgan fingerprint density at radius 1 is 1.29 bits per heavy atom. The van der Waals surface area contributed by atoms with Crippen LogP contribution in [-0.2, 0) is 11.2 Å². The third kappa shape index (κ3) is 5.13. The van der Waals surface area contributed by atoms with Gasteiger partial charge < -0.3 is 15.2 Å². The van der Waals surface area contributed by atoms with Crippen molar-refractivity contribution in [2.45, 2.75) is 24.8 Å². The molecule has 1 unspecified atom stereocenters. The first kappa shape index (κ1) is 17.6. The zero-order valence-corrected chi connectivity index (χ0v) is 11.3. The van der Waals surface area contributed by atoms with Crippen molar-refractivity contribution in [1.82, 2.24) is 0 Å². The molecule has 0 bridgehead atoms. The molecule has 1 aromatic carbocycles. The molecule has 0 amide bonds. The van der Waals surface area contributed by atoms with Crippen molar-refractivity contribution in [3.8, 4) is 5.75 Å². The summed E-state index contributed by atoms with van der Waals surface area (Å²) in [6.45, 7) is -1.82. The molecule has 0 aromatic heterocycles. The van der Waals surface area contributed by atoms with E-state index in [1.807, 2.05) is 0 Å². The highest BCUT2D eigenvalue weighted by Crippen LogP contribution is 2.23. The third-order valence-corrected chi connectivity index (χ3v) is 2.69. The summed E-state index contributed by atoms with van der Waals surface area (Å²) in [4.78, 5) is 0. The quantitative estimate of drug-likeness (QED) is 0.750. The molecule has 0 aliphatic carbocycles. The van der Waals surface area contributed by atoms with Gasteiger partial charge in [-0.3, -0.25) is 0 Å². The largest absolute Gasteiger partial charge is 0.494 e. The first-order valence-electron chi connectivity index (χ1n) is 6.08. The van der Waals surface area contributed by atoms with Gasteiger partial charge in [0.1, 0.15) is 6.61 Å². The first-order chi connectivity index (χ1) is 9.77. The lowest BCUT2D eigenvalue weighted by Gasteiger charge is -2.18. The van der Waals surface area contributed by atoms with E-state index in [0.29, 0.717) is 0 Å². The van der Waals surface area contributed by atoms with Gasteiger partial charge in [0.25, 0.3) is 0 Å². The van der Waals surface area contributed by atoms with Gasteiger partial charge in [-0.05, 0) is 18.1 Å². The molecule has 8 heteroatoms. The predicted molar refractivity (Wildman–Crippen MR) is 66.4 cm³/mol. The maximum Gasteiger partial charge on any atom is 0.330 e. The zero-order chi connectivity index (χ0) is 16.0. The van der Waals surface area contributed by atoms with Gasteiger partial charge in [0.05, 0.1) is 13.7 Å². The molecular formula is C13H16F5NO2. The molecular weight excluding hydrogens is 297 g/mol. The highest BCUT2D eigenvalue weighted by molar-refractivity contribution is 5.31. The number of methoxy groups -OCH3 is 1. The Kier molecular flexibility index (Phi) is 6.35. The van der Waals surface area contributed by atoms with Crippen molar-refractivity contribution in [2.24, 2.45) is 5.73 Å². The van der Waals surface area contributed by atoms with Crippen molar-refractivity contribution < 1.29 is 31.4 Å². The molecule has 0 heterocycles. The summed E-state index contributed by atoms with van der Waals surface area (Å²) < 4.78 is 72.1. The summed E-state index contributed by atoms with van der Waals surface area (Å²) in [5.41, 5.74) is 5.83. The Bertz CT molecular complexity index is 456. The van der Waals surface area contributed by atoms with Gasteiger partial charge >= 0.3 is 12.3 Å². The van der Waals surface area contributed by atoms with Gasteiger partial charge in [-0.1, -0.05) is 12.1 Å². The van der Waals surface area contributed by atoms with Crippen LogP contribution in [-0.4, -0.2) is 38.7 Å².